The minimum absolute atomic E-state index is 0.162. The Hall–Kier alpha value is -1.06. The van der Waals surface area contributed by atoms with Crippen LogP contribution in [0.15, 0.2) is 24.3 Å². The van der Waals surface area contributed by atoms with Crippen molar-refractivity contribution in [3.8, 4) is 0 Å². The number of aliphatic hydroxyl groups excluding tert-OH is 1. The second-order valence-electron chi connectivity index (χ2n) is 5.52. The molecule has 2 N–H and O–H groups in total. The van der Waals surface area contributed by atoms with Crippen LogP contribution in [0.3, 0.4) is 0 Å². The zero-order chi connectivity index (χ0) is 13.9. The Labute approximate surface area is 113 Å². The van der Waals surface area contributed by atoms with Gasteiger partial charge in [-0.1, -0.05) is 30.7 Å². The van der Waals surface area contributed by atoms with E-state index in [1.54, 1.807) is 31.2 Å². The molecule has 0 unspecified atom stereocenters. The summed E-state index contributed by atoms with van der Waals surface area (Å²) in [6.07, 6.45) is -0.829. The van der Waals surface area contributed by atoms with E-state index in [2.05, 4.69) is 5.32 Å². The van der Waals surface area contributed by atoms with Crippen LogP contribution in [-0.2, 0) is 4.79 Å². The third kappa shape index (κ3) is 4.31. The van der Waals surface area contributed by atoms with Crippen LogP contribution in [0.25, 0.3) is 0 Å². The number of carbonyl (C=O) groups is 1. The first-order valence-corrected chi connectivity index (χ1v) is 6.34. The van der Waals surface area contributed by atoms with Crippen molar-refractivity contribution in [1.82, 2.24) is 5.32 Å². The van der Waals surface area contributed by atoms with Gasteiger partial charge in [0.05, 0.1) is 12.0 Å². The minimum Gasteiger partial charge on any atom is -0.388 e. The van der Waals surface area contributed by atoms with Gasteiger partial charge in [0, 0.05) is 10.6 Å². The van der Waals surface area contributed by atoms with Crippen molar-refractivity contribution in [2.75, 3.05) is 0 Å². The van der Waals surface area contributed by atoms with Crippen LogP contribution >= 0.6 is 11.6 Å². The van der Waals surface area contributed by atoms with E-state index >= 15 is 0 Å². The molecule has 0 aliphatic heterocycles. The van der Waals surface area contributed by atoms with Gasteiger partial charge in [0.1, 0.15) is 0 Å². The largest absolute Gasteiger partial charge is 0.388 e. The molecule has 0 aromatic heterocycles. The molecular weight excluding hydrogens is 250 g/mol. The van der Waals surface area contributed by atoms with Crippen LogP contribution in [0.2, 0.25) is 5.02 Å². The number of amides is 1. The van der Waals surface area contributed by atoms with Gasteiger partial charge < -0.3 is 10.4 Å². The van der Waals surface area contributed by atoms with Gasteiger partial charge in [-0.05, 0) is 38.5 Å². The van der Waals surface area contributed by atoms with E-state index < -0.39 is 12.0 Å². The molecule has 100 valence electrons. The van der Waals surface area contributed by atoms with E-state index in [1.807, 2.05) is 20.8 Å². The maximum atomic E-state index is 11.9. The first-order valence-electron chi connectivity index (χ1n) is 5.96. The van der Waals surface area contributed by atoms with Gasteiger partial charge in [0.15, 0.2) is 0 Å². The van der Waals surface area contributed by atoms with Gasteiger partial charge in [0.2, 0.25) is 5.91 Å². The maximum absolute atomic E-state index is 11.9. The van der Waals surface area contributed by atoms with Crippen molar-refractivity contribution < 1.29 is 9.90 Å². The average molecular weight is 270 g/mol. The van der Waals surface area contributed by atoms with E-state index in [0.29, 0.717) is 10.6 Å². The zero-order valence-corrected chi connectivity index (χ0v) is 12.0. The summed E-state index contributed by atoms with van der Waals surface area (Å²) in [5.74, 6) is -0.671. The van der Waals surface area contributed by atoms with E-state index in [-0.39, 0.29) is 11.4 Å². The minimum atomic E-state index is -0.829. The normalized spacial score (nSPS) is 15.0. The second-order valence-corrected chi connectivity index (χ2v) is 5.96. The summed E-state index contributed by atoms with van der Waals surface area (Å²) in [7, 11) is 0. The van der Waals surface area contributed by atoms with E-state index in [4.69, 9.17) is 11.6 Å². The Morgan fingerprint density at radius 2 is 1.78 bits per heavy atom. The van der Waals surface area contributed by atoms with Gasteiger partial charge in [-0.3, -0.25) is 4.79 Å². The Bertz CT molecular complexity index is 409. The fraction of sp³-hybridized carbons (Fsp3) is 0.500. The number of carbonyl (C=O) groups excluding carboxylic acids is 1. The smallest absolute Gasteiger partial charge is 0.226 e. The summed E-state index contributed by atoms with van der Waals surface area (Å²) in [5, 5.41) is 13.6. The highest BCUT2D eigenvalue weighted by Crippen LogP contribution is 2.23. The summed E-state index contributed by atoms with van der Waals surface area (Å²) in [6.45, 7) is 7.44. The number of aliphatic hydroxyl groups is 1. The SMILES string of the molecule is C[C@@H](C(=O)NC(C)(C)C)[C@@H](O)c1ccc(Cl)cc1. The maximum Gasteiger partial charge on any atom is 0.226 e. The molecular formula is C14H20ClNO2. The summed E-state index contributed by atoms with van der Waals surface area (Å²) >= 11 is 5.78. The highest BCUT2D eigenvalue weighted by Gasteiger charge is 2.26. The molecule has 4 heteroatoms. The predicted octanol–water partition coefficient (Wildman–Crippen LogP) is 2.92. The van der Waals surface area contributed by atoms with E-state index in [0.717, 1.165) is 0 Å². The lowest BCUT2D eigenvalue weighted by molar-refractivity contribution is -0.129. The number of hydrogen-bond acceptors (Lipinski definition) is 2. The predicted molar refractivity (Wildman–Crippen MR) is 73.5 cm³/mol. The molecule has 0 radical (unpaired) electrons. The van der Waals surface area contributed by atoms with Gasteiger partial charge in [0.25, 0.3) is 0 Å². The van der Waals surface area contributed by atoms with Crippen LogP contribution in [0.5, 0.6) is 0 Å². The molecule has 2 atom stereocenters. The summed E-state index contributed by atoms with van der Waals surface area (Å²) < 4.78 is 0. The summed E-state index contributed by atoms with van der Waals surface area (Å²) in [5.41, 5.74) is 0.390. The third-order valence-corrected chi connectivity index (χ3v) is 2.85. The molecule has 0 heterocycles. The lowest BCUT2D eigenvalue weighted by Gasteiger charge is -2.25. The number of hydrogen-bond donors (Lipinski definition) is 2. The van der Waals surface area contributed by atoms with Crippen molar-refractivity contribution in [1.29, 1.82) is 0 Å². The standard InChI is InChI=1S/C14H20ClNO2/c1-9(13(18)16-14(2,3)4)12(17)10-5-7-11(15)8-6-10/h5-9,12,17H,1-4H3,(H,16,18)/t9-,12-/m1/s1. The van der Waals surface area contributed by atoms with Crippen molar-refractivity contribution in [2.24, 2.45) is 5.92 Å². The monoisotopic (exact) mass is 269 g/mol. The second kappa shape index (κ2) is 5.72. The topological polar surface area (TPSA) is 49.3 Å². The van der Waals surface area contributed by atoms with E-state index in [9.17, 15) is 9.90 Å². The molecule has 0 spiro atoms. The van der Waals surface area contributed by atoms with Crippen LogP contribution in [0.4, 0.5) is 0 Å². The van der Waals surface area contributed by atoms with Crippen molar-refractivity contribution in [3.63, 3.8) is 0 Å². The molecule has 1 aromatic rings. The van der Waals surface area contributed by atoms with E-state index in [1.165, 1.54) is 0 Å². The number of benzene rings is 1. The molecule has 0 aliphatic rings. The quantitative estimate of drug-likeness (QED) is 0.886. The fourth-order valence-corrected chi connectivity index (χ4v) is 1.70. The van der Waals surface area contributed by atoms with Gasteiger partial charge in [-0.25, -0.2) is 0 Å². The first kappa shape index (κ1) is 15.0. The molecule has 3 nitrogen and oxygen atoms in total. The molecule has 0 fully saturated rings. The van der Waals surface area contributed by atoms with Crippen LogP contribution in [0.1, 0.15) is 39.4 Å². The van der Waals surface area contributed by atoms with Crippen molar-refractivity contribution in [3.05, 3.63) is 34.9 Å². The van der Waals surface area contributed by atoms with Gasteiger partial charge in [-0.2, -0.15) is 0 Å². The molecule has 0 aliphatic carbocycles. The zero-order valence-electron chi connectivity index (χ0n) is 11.2. The van der Waals surface area contributed by atoms with Crippen molar-refractivity contribution in [2.45, 2.75) is 39.3 Å². The fourth-order valence-electron chi connectivity index (χ4n) is 1.58. The molecule has 0 saturated carbocycles. The Balaban J connectivity index is 2.74. The Kier molecular flexibility index (Phi) is 4.77. The number of rotatable bonds is 3. The molecule has 1 rings (SSSR count). The third-order valence-electron chi connectivity index (χ3n) is 2.60. The highest BCUT2D eigenvalue weighted by atomic mass is 35.5. The van der Waals surface area contributed by atoms with Gasteiger partial charge >= 0.3 is 0 Å². The lowest BCUT2D eigenvalue weighted by Crippen LogP contribution is -2.44. The molecule has 18 heavy (non-hydrogen) atoms. The molecule has 1 aromatic carbocycles. The Morgan fingerprint density at radius 1 is 1.28 bits per heavy atom. The summed E-state index contributed by atoms with van der Waals surface area (Å²) in [4.78, 5) is 11.9. The number of nitrogens with one attached hydrogen (secondary N) is 1. The van der Waals surface area contributed by atoms with Crippen LogP contribution < -0.4 is 5.32 Å². The Morgan fingerprint density at radius 3 is 2.22 bits per heavy atom. The molecule has 0 bridgehead atoms. The van der Waals surface area contributed by atoms with Crippen LogP contribution in [-0.4, -0.2) is 16.6 Å². The highest BCUT2D eigenvalue weighted by molar-refractivity contribution is 6.30. The lowest BCUT2D eigenvalue weighted by atomic mass is 9.95. The van der Waals surface area contributed by atoms with Crippen LogP contribution in [0, 0.1) is 5.92 Å². The first-order chi connectivity index (χ1) is 8.20. The number of halogens is 1. The average Bonchev–Trinajstić information content (AvgIpc) is 2.26. The summed E-state index contributed by atoms with van der Waals surface area (Å²) in [6, 6.07) is 6.87. The van der Waals surface area contributed by atoms with Gasteiger partial charge in [-0.15, -0.1) is 0 Å². The molecule has 0 saturated heterocycles. The molecule has 1 amide bonds. The van der Waals surface area contributed by atoms with Crippen molar-refractivity contribution >= 4 is 17.5 Å².